The average Bonchev–Trinajstić information content (AvgIpc) is 2.94. The minimum absolute atomic E-state index is 0.00417. The predicted molar refractivity (Wildman–Crippen MR) is 78.4 cm³/mol. The van der Waals surface area contributed by atoms with E-state index < -0.39 is 0 Å². The first-order chi connectivity index (χ1) is 9.27. The van der Waals surface area contributed by atoms with Crippen molar-refractivity contribution >= 4 is 11.3 Å². The first-order valence-corrected chi connectivity index (χ1v) is 7.11. The summed E-state index contributed by atoms with van der Waals surface area (Å²) in [5.41, 5.74) is 7.21. The van der Waals surface area contributed by atoms with Crippen molar-refractivity contribution in [1.82, 2.24) is 4.57 Å². The topological polar surface area (TPSA) is 57.2 Å². The maximum atomic E-state index is 12.4. The average molecular weight is 278 g/mol. The minimum Gasteiger partial charge on any atom is -0.385 e. The third-order valence-corrected chi connectivity index (χ3v) is 3.87. The number of hydrogen-bond acceptors (Lipinski definition) is 4. The van der Waals surface area contributed by atoms with Crippen molar-refractivity contribution in [3.8, 4) is 10.6 Å². The molecule has 0 aromatic carbocycles. The highest BCUT2D eigenvalue weighted by Gasteiger charge is 2.10. The Kier molecular flexibility index (Phi) is 4.90. The fourth-order valence-electron chi connectivity index (χ4n) is 2.01. The lowest BCUT2D eigenvalue weighted by Crippen LogP contribution is -2.26. The monoisotopic (exact) mass is 278 g/mol. The Morgan fingerprint density at radius 1 is 1.37 bits per heavy atom. The van der Waals surface area contributed by atoms with Crippen LogP contribution in [0.4, 0.5) is 0 Å². The maximum Gasteiger partial charge on any atom is 0.255 e. The van der Waals surface area contributed by atoms with Crippen molar-refractivity contribution in [2.45, 2.75) is 19.5 Å². The first kappa shape index (κ1) is 14.0. The summed E-state index contributed by atoms with van der Waals surface area (Å²) in [6, 6.07) is 7.81. The van der Waals surface area contributed by atoms with Crippen LogP contribution < -0.4 is 11.3 Å². The first-order valence-electron chi connectivity index (χ1n) is 6.23. The summed E-state index contributed by atoms with van der Waals surface area (Å²) < 4.78 is 6.85. The molecule has 2 rings (SSSR count). The van der Waals surface area contributed by atoms with Crippen LogP contribution in [0.2, 0.25) is 0 Å². The second kappa shape index (κ2) is 6.65. The van der Waals surface area contributed by atoms with E-state index in [2.05, 4.69) is 0 Å². The Bertz CT molecular complexity index is 576. The Morgan fingerprint density at radius 2 is 2.21 bits per heavy atom. The summed E-state index contributed by atoms with van der Waals surface area (Å²) in [6.45, 7) is 1.56. The normalized spacial score (nSPS) is 10.8. The van der Waals surface area contributed by atoms with Crippen LogP contribution in [0.1, 0.15) is 12.0 Å². The lowest BCUT2D eigenvalue weighted by Gasteiger charge is -2.13. The molecule has 0 aliphatic rings. The third-order valence-electron chi connectivity index (χ3n) is 2.98. The summed E-state index contributed by atoms with van der Waals surface area (Å²) in [5.74, 6) is 0. The van der Waals surface area contributed by atoms with Gasteiger partial charge in [0, 0.05) is 32.4 Å². The molecular formula is C14H18N2O2S. The van der Waals surface area contributed by atoms with Crippen LogP contribution in [0.5, 0.6) is 0 Å². The van der Waals surface area contributed by atoms with Gasteiger partial charge in [0.15, 0.2) is 0 Å². The molecule has 0 spiro atoms. The summed E-state index contributed by atoms with van der Waals surface area (Å²) in [6.07, 6.45) is 0.808. The van der Waals surface area contributed by atoms with Crippen molar-refractivity contribution < 1.29 is 4.74 Å². The van der Waals surface area contributed by atoms with Gasteiger partial charge in [-0.1, -0.05) is 12.1 Å². The van der Waals surface area contributed by atoms with Crippen LogP contribution in [0.3, 0.4) is 0 Å². The number of rotatable bonds is 6. The van der Waals surface area contributed by atoms with Crippen molar-refractivity contribution in [2.75, 3.05) is 13.7 Å². The molecule has 0 unspecified atom stereocenters. The van der Waals surface area contributed by atoms with E-state index in [0.29, 0.717) is 18.7 Å². The fraction of sp³-hybridized carbons (Fsp3) is 0.357. The second-order valence-corrected chi connectivity index (χ2v) is 5.18. The van der Waals surface area contributed by atoms with Gasteiger partial charge in [0.25, 0.3) is 5.56 Å². The van der Waals surface area contributed by atoms with Crippen molar-refractivity contribution in [3.05, 3.63) is 45.6 Å². The number of methoxy groups -OCH3 is 1. The molecule has 0 atom stereocenters. The Hall–Kier alpha value is -1.43. The Labute approximate surface area is 116 Å². The van der Waals surface area contributed by atoms with Crippen LogP contribution in [-0.4, -0.2) is 18.3 Å². The molecule has 4 nitrogen and oxygen atoms in total. The van der Waals surface area contributed by atoms with E-state index in [9.17, 15) is 4.79 Å². The summed E-state index contributed by atoms with van der Waals surface area (Å²) in [5, 5.41) is 2.01. The quantitative estimate of drug-likeness (QED) is 0.823. The molecule has 0 bridgehead atoms. The molecule has 0 saturated heterocycles. The number of nitrogens with two attached hydrogens (primary N) is 1. The lowest BCUT2D eigenvalue weighted by molar-refractivity contribution is 0.190. The van der Waals surface area contributed by atoms with Crippen LogP contribution in [0, 0.1) is 0 Å². The van der Waals surface area contributed by atoms with E-state index in [1.807, 2.05) is 29.6 Å². The molecule has 19 heavy (non-hydrogen) atoms. The zero-order chi connectivity index (χ0) is 13.7. The summed E-state index contributed by atoms with van der Waals surface area (Å²) in [4.78, 5) is 13.5. The molecular weight excluding hydrogens is 260 g/mol. The van der Waals surface area contributed by atoms with Gasteiger partial charge >= 0.3 is 0 Å². The van der Waals surface area contributed by atoms with Gasteiger partial charge in [-0.2, -0.15) is 0 Å². The Balaban J connectivity index is 2.42. The standard InChI is InChI=1S/C14H18N2O2S/c1-18-8-3-7-16-12(13-4-2-9-19-13)6-5-11(10-15)14(16)17/h2,4-6,9H,3,7-8,10,15H2,1H3. The molecule has 0 amide bonds. The molecule has 0 aliphatic carbocycles. The van der Waals surface area contributed by atoms with Gasteiger partial charge in [0.1, 0.15) is 0 Å². The van der Waals surface area contributed by atoms with Gasteiger partial charge in [0.05, 0.1) is 10.6 Å². The van der Waals surface area contributed by atoms with Crippen molar-refractivity contribution in [3.63, 3.8) is 0 Å². The zero-order valence-corrected chi connectivity index (χ0v) is 11.8. The van der Waals surface area contributed by atoms with Crippen LogP contribution in [0.25, 0.3) is 10.6 Å². The minimum atomic E-state index is 0.00417. The molecule has 0 fully saturated rings. The highest BCUT2D eigenvalue weighted by atomic mass is 32.1. The van der Waals surface area contributed by atoms with E-state index >= 15 is 0 Å². The SMILES string of the molecule is COCCCn1c(-c2cccs2)ccc(CN)c1=O. The van der Waals surface area contributed by atoms with Gasteiger partial charge in [-0.05, 0) is 23.9 Å². The molecule has 5 heteroatoms. The predicted octanol–water partition coefficient (Wildman–Crippen LogP) is 2.07. The largest absolute Gasteiger partial charge is 0.385 e. The van der Waals surface area contributed by atoms with Crippen LogP contribution in [0.15, 0.2) is 34.4 Å². The molecule has 2 heterocycles. The highest BCUT2D eigenvalue weighted by molar-refractivity contribution is 7.13. The van der Waals surface area contributed by atoms with Crippen molar-refractivity contribution in [1.29, 1.82) is 0 Å². The Morgan fingerprint density at radius 3 is 2.84 bits per heavy atom. The van der Waals surface area contributed by atoms with Crippen LogP contribution in [-0.2, 0) is 17.8 Å². The zero-order valence-electron chi connectivity index (χ0n) is 11.0. The van der Waals surface area contributed by atoms with Gasteiger partial charge in [0.2, 0.25) is 0 Å². The second-order valence-electron chi connectivity index (χ2n) is 4.23. The third kappa shape index (κ3) is 3.12. The van der Waals surface area contributed by atoms with Gasteiger partial charge in [-0.25, -0.2) is 0 Å². The molecule has 2 aromatic rings. The number of hydrogen-bond donors (Lipinski definition) is 1. The highest BCUT2D eigenvalue weighted by Crippen LogP contribution is 2.23. The van der Waals surface area contributed by atoms with E-state index in [4.69, 9.17) is 10.5 Å². The molecule has 0 saturated carbocycles. The molecule has 2 aromatic heterocycles. The van der Waals surface area contributed by atoms with E-state index in [1.165, 1.54) is 0 Å². The molecule has 102 valence electrons. The van der Waals surface area contributed by atoms with Crippen LogP contribution >= 0.6 is 11.3 Å². The summed E-state index contributed by atoms with van der Waals surface area (Å²) >= 11 is 1.63. The van der Waals surface area contributed by atoms with Gasteiger partial charge < -0.3 is 15.0 Å². The van der Waals surface area contributed by atoms with E-state index in [-0.39, 0.29) is 12.1 Å². The van der Waals surface area contributed by atoms with E-state index in [1.54, 1.807) is 23.0 Å². The fourth-order valence-corrected chi connectivity index (χ4v) is 2.77. The smallest absolute Gasteiger partial charge is 0.255 e. The lowest BCUT2D eigenvalue weighted by atomic mass is 10.2. The number of aromatic nitrogens is 1. The number of nitrogens with zero attached hydrogens (tertiary/aromatic N) is 1. The van der Waals surface area contributed by atoms with E-state index in [0.717, 1.165) is 17.0 Å². The molecule has 0 aliphatic heterocycles. The maximum absolute atomic E-state index is 12.4. The number of pyridine rings is 1. The number of thiophene rings is 1. The van der Waals surface area contributed by atoms with Gasteiger partial charge in [-0.15, -0.1) is 11.3 Å². The van der Waals surface area contributed by atoms with Crippen molar-refractivity contribution in [2.24, 2.45) is 5.73 Å². The molecule has 2 N–H and O–H groups in total. The number of ether oxygens (including phenoxy) is 1. The van der Waals surface area contributed by atoms with Gasteiger partial charge in [-0.3, -0.25) is 4.79 Å². The molecule has 0 radical (unpaired) electrons. The summed E-state index contributed by atoms with van der Waals surface area (Å²) in [7, 11) is 1.67.